The second-order valence-corrected chi connectivity index (χ2v) is 4.13. The molecule has 19 heavy (non-hydrogen) atoms. The lowest BCUT2D eigenvalue weighted by Crippen LogP contribution is -2.17. The van der Waals surface area contributed by atoms with Crippen molar-refractivity contribution in [3.05, 3.63) is 35.5 Å². The minimum Gasteiger partial charge on any atom is -0.463 e. The van der Waals surface area contributed by atoms with Gasteiger partial charge in [-0.1, -0.05) is 12.2 Å². The summed E-state index contributed by atoms with van der Waals surface area (Å²) in [6, 6.07) is 1.79. The summed E-state index contributed by atoms with van der Waals surface area (Å²) in [5.41, 5.74) is 7.15. The quantitative estimate of drug-likeness (QED) is 0.640. The molecule has 0 atom stereocenters. The molecule has 0 unspecified atom stereocenters. The first kappa shape index (κ1) is 13.1. The molecular formula is C11H11N5O2S. The van der Waals surface area contributed by atoms with Gasteiger partial charge in [0.25, 0.3) is 5.82 Å². The van der Waals surface area contributed by atoms with Crippen LogP contribution in [0.4, 0.5) is 0 Å². The molecule has 0 radical (unpaired) electrons. The van der Waals surface area contributed by atoms with Gasteiger partial charge < -0.3 is 10.5 Å². The summed E-state index contributed by atoms with van der Waals surface area (Å²) in [4.78, 5) is 19.5. The molecule has 0 aliphatic carbocycles. The fraction of sp³-hybridized carbons (Fsp3) is 0.182. The molecule has 2 rings (SSSR count). The van der Waals surface area contributed by atoms with Gasteiger partial charge in [0.15, 0.2) is 5.82 Å². The SMILES string of the molecule is COC(=O)c1ncn(-c2nccc(C)c2C(N)=S)n1. The first-order valence-electron chi connectivity index (χ1n) is 5.30. The maximum atomic E-state index is 11.3. The van der Waals surface area contributed by atoms with Crippen LogP contribution >= 0.6 is 12.2 Å². The predicted octanol–water partition coefficient (Wildman–Crippen LogP) is 0.392. The molecule has 0 fully saturated rings. The number of nitrogens with two attached hydrogens (primary N) is 1. The van der Waals surface area contributed by atoms with E-state index in [1.807, 2.05) is 6.92 Å². The standard InChI is InChI=1S/C11H11N5O2S/c1-6-3-4-13-10(7(6)8(12)19)16-5-14-9(15-16)11(17)18-2/h3-5H,1-2H3,(H2,12,19). The normalized spacial score (nSPS) is 10.2. The molecule has 2 aromatic rings. The summed E-state index contributed by atoms with van der Waals surface area (Å²) in [6.45, 7) is 1.86. The molecule has 2 N–H and O–H groups in total. The van der Waals surface area contributed by atoms with Crippen LogP contribution in [0, 0.1) is 6.92 Å². The minimum atomic E-state index is -0.622. The monoisotopic (exact) mass is 277 g/mol. The van der Waals surface area contributed by atoms with Crippen LogP contribution in [-0.4, -0.2) is 37.8 Å². The Morgan fingerprint density at radius 2 is 2.21 bits per heavy atom. The molecule has 0 saturated heterocycles. The lowest BCUT2D eigenvalue weighted by Gasteiger charge is -2.08. The first-order valence-corrected chi connectivity index (χ1v) is 5.71. The highest BCUT2D eigenvalue weighted by molar-refractivity contribution is 7.80. The second-order valence-electron chi connectivity index (χ2n) is 3.70. The van der Waals surface area contributed by atoms with Crippen molar-refractivity contribution < 1.29 is 9.53 Å². The first-order chi connectivity index (χ1) is 9.04. The molecule has 0 bridgehead atoms. The van der Waals surface area contributed by atoms with Crippen LogP contribution in [0.25, 0.3) is 5.82 Å². The van der Waals surface area contributed by atoms with Gasteiger partial charge >= 0.3 is 5.97 Å². The lowest BCUT2D eigenvalue weighted by atomic mass is 10.1. The van der Waals surface area contributed by atoms with Gasteiger partial charge in [0.05, 0.1) is 12.7 Å². The van der Waals surface area contributed by atoms with Crippen molar-refractivity contribution >= 4 is 23.2 Å². The summed E-state index contributed by atoms with van der Waals surface area (Å²) >= 11 is 5.00. The van der Waals surface area contributed by atoms with E-state index in [9.17, 15) is 4.79 Å². The number of methoxy groups -OCH3 is 1. The number of thiocarbonyl (C=S) groups is 1. The Labute approximate surface area is 114 Å². The van der Waals surface area contributed by atoms with Crippen LogP contribution in [0.2, 0.25) is 0 Å². The molecule has 0 aliphatic heterocycles. The van der Waals surface area contributed by atoms with E-state index in [1.165, 1.54) is 18.1 Å². The molecule has 0 amide bonds. The number of aromatic nitrogens is 4. The average Bonchev–Trinajstić information content (AvgIpc) is 2.86. The van der Waals surface area contributed by atoms with Gasteiger partial charge in [-0.3, -0.25) is 0 Å². The Hall–Kier alpha value is -2.35. The number of hydrogen-bond acceptors (Lipinski definition) is 6. The molecule has 0 aromatic carbocycles. The van der Waals surface area contributed by atoms with Gasteiger partial charge in [-0.15, -0.1) is 5.10 Å². The zero-order valence-electron chi connectivity index (χ0n) is 10.3. The van der Waals surface area contributed by atoms with E-state index in [2.05, 4.69) is 19.8 Å². The summed E-state index contributed by atoms with van der Waals surface area (Å²) < 4.78 is 5.88. The zero-order valence-corrected chi connectivity index (χ0v) is 11.1. The molecule has 0 aliphatic rings. The smallest absolute Gasteiger partial charge is 0.377 e. The number of pyridine rings is 1. The number of hydrogen-bond donors (Lipinski definition) is 1. The van der Waals surface area contributed by atoms with Gasteiger partial charge in [0.2, 0.25) is 0 Å². The number of aryl methyl sites for hydroxylation is 1. The van der Waals surface area contributed by atoms with Crippen LogP contribution in [0.5, 0.6) is 0 Å². The Balaban J connectivity index is 2.53. The van der Waals surface area contributed by atoms with E-state index in [4.69, 9.17) is 18.0 Å². The third-order valence-corrected chi connectivity index (χ3v) is 2.67. The molecule has 0 saturated carbocycles. The van der Waals surface area contributed by atoms with Crippen molar-refractivity contribution in [2.75, 3.05) is 7.11 Å². The maximum absolute atomic E-state index is 11.3. The molecule has 7 nitrogen and oxygen atoms in total. The molecule has 2 aromatic heterocycles. The average molecular weight is 277 g/mol. The van der Waals surface area contributed by atoms with Gasteiger partial charge in [-0.05, 0) is 18.6 Å². The van der Waals surface area contributed by atoms with Gasteiger partial charge in [-0.25, -0.2) is 19.4 Å². The lowest BCUT2D eigenvalue weighted by molar-refractivity contribution is 0.0587. The van der Waals surface area contributed by atoms with E-state index in [0.717, 1.165) is 5.56 Å². The number of carbonyl (C=O) groups is 1. The topological polar surface area (TPSA) is 95.9 Å². The van der Waals surface area contributed by atoms with Crippen LogP contribution in [0.15, 0.2) is 18.6 Å². The number of carbonyl (C=O) groups excluding carboxylic acids is 1. The van der Waals surface area contributed by atoms with E-state index >= 15 is 0 Å². The second kappa shape index (κ2) is 5.11. The largest absolute Gasteiger partial charge is 0.463 e. The van der Waals surface area contributed by atoms with Crippen molar-refractivity contribution in [3.63, 3.8) is 0 Å². The number of esters is 1. The van der Waals surface area contributed by atoms with Crippen molar-refractivity contribution in [2.45, 2.75) is 6.92 Å². The molecule has 2 heterocycles. The molecule has 8 heteroatoms. The number of nitrogens with zero attached hydrogens (tertiary/aromatic N) is 4. The highest BCUT2D eigenvalue weighted by atomic mass is 32.1. The van der Waals surface area contributed by atoms with E-state index in [-0.39, 0.29) is 10.8 Å². The van der Waals surface area contributed by atoms with Gasteiger partial charge in [0, 0.05) is 6.20 Å². The highest BCUT2D eigenvalue weighted by Crippen LogP contribution is 2.15. The number of rotatable bonds is 3. The summed E-state index contributed by atoms with van der Waals surface area (Å²) in [5.74, 6) is -0.252. The Bertz CT molecular complexity index is 652. The predicted molar refractivity (Wildman–Crippen MR) is 71.1 cm³/mol. The van der Waals surface area contributed by atoms with Crippen LogP contribution in [0.3, 0.4) is 0 Å². The number of ether oxygens (including phenoxy) is 1. The third kappa shape index (κ3) is 2.43. The fourth-order valence-electron chi connectivity index (χ4n) is 1.57. The summed E-state index contributed by atoms with van der Waals surface area (Å²) in [7, 11) is 1.26. The Morgan fingerprint density at radius 3 is 2.84 bits per heavy atom. The minimum absolute atomic E-state index is 0.0558. The van der Waals surface area contributed by atoms with Crippen molar-refractivity contribution in [1.29, 1.82) is 0 Å². The van der Waals surface area contributed by atoms with Crippen LogP contribution < -0.4 is 5.73 Å². The van der Waals surface area contributed by atoms with Crippen LogP contribution in [-0.2, 0) is 4.74 Å². The van der Waals surface area contributed by atoms with Crippen molar-refractivity contribution in [1.82, 2.24) is 19.7 Å². The molecule has 0 spiro atoms. The van der Waals surface area contributed by atoms with E-state index in [0.29, 0.717) is 11.4 Å². The highest BCUT2D eigenvalue weighted by Gasteiger charge is 2.16. The zero-order chi connectivity index (χ0) is 14.0. The van der Waals surface area contributed by atoms with Crippen LogP contribution in [0.1, 0.15) is 21.7 Å². The molecular weight excluding hydrogens is 266 g/mol. The summed E-state index contributed by atoms with van der Waals surface area (Å²) in [5, 5.41) is 3.99. The maximum Gasteiger partial charge on any atom is 0.377 e. The summed E-state index contributed by atoms with van der Waals surface area (Å²) in [6.07, 6.45) is 2.96. The van der Waals surface area contributed by atoms with Crippen molar-refractivity contribution in [2.24, 2.45) is 5.73 Å². The Kier molecular flexibility index (Phi) is 3.52. The van der Waals surface area contributed by atoms with Crippen molar-refractivity contribution in [3.8, 4) is 5.82 Å². The Morgan fingerprint density at radius 1 is 1.47 bits per heavy atom. The molecule has 98 valence electrons. The van der Waals surface area contributed by atoms with Gasteiger partial charge in [0.1, 0.15) is 11.3 Å². The fourth-order valence-corrected chi connectivity index (χ4v) is 1.82. The van der Waals surface area contributed by atoms with Gasteiger partial charge in [-0.2, -0.15) is 0 Å². The third-order valence-electron chi connectivity index (χ3n) is 2.46. The van der Waals surface area contributed by atoms with E-state index in [1.54, 1.807) is 12.3 Å². The van der Waals surface area contributed by atoms with E-state index < -0.39 is 5.97 Å².